The van der Waals surface area contributed by atoms with Crippen molar-refractivity contribution in [2.24, 2.45) is 5.92 Å². The van der Waals surface area contributed by atoms with E-state index in [2.05, 4.69) is 20.8 Å². The second-order valence-corrected chi connectivity index (χ2v) is 18.0. The van der Waals surface area contributed by atoms with Gasteiger partial charge in [-0.15, -0.1) is 0 Å². The van der Waals surface area contributed by atoms with Crippen molar-refractivity contribution in [2.75, 3.05) is 6.61 Å². The summed E-state index contributed by atoms with van der Waals surface area (Å²) in [6.07, 6.45) is 54.3. The van der Waals surface area contributed by atoms with Crippen LogP contribution in [0.15, 0.2) is 0 Å². The van der Waals surface area contributed by atoms with E-state index in [1.807, 2.05) is 0 Å². The molecule has 0 amide bonds. The van der Waals surface area contributed by atoms with Crippen LogP contribution in [0.1, 0.15) is 303 Å². The molecule has 0 aromatic heterocycles. The van der Waals surface area contributed by atoms with Crippen LogP contribution < -0.4 is 0 Å². The topological polar surface area (TPSA) is 63.6 Å². The fraction of sp³-hybridized carbons (Fsp3) is 0.962. The van der Waals surface area contributed by atoms with Gasteiger partial charge in [0.15, 0.2) is 6.10 Å². The van der Waals surface area contributed by atoms with Crippen molar-refractivity contribution >= 4 is 11.8 Å². The number of hydrogen-bond acceptors (Lipinski definition) is 4. The Labute approximate surface area is 352 Å². The van der Waals surface area contributed by atoms with Crippen LogP contribution in [-0.2, 0) is 14.3 Å². The summed E-state index contributed by atoms with van der Waals surface area (Å²) >= 11 is 0. The van der Waals surface area contributed by atoms with Gasteiger partial charge in [0, 0.05) is 12.3 Å². The highest BCUT2D eigenvalue weighted by molar-refractivity contribution is 5.80. The molecule has 0 rings (SSSR count). The van der Waals surface area contributed by atoms with Crippen LogP contribution in [-0.4, -0.2) is 29.6 Å². The molecule has 56 heavy (non-hydrogen) atoms. The number of carbonyl (C=O) groups excluding carboxylic acids is 2. The molecule has 1 N–H and O–H groups in total. The molecule has 2 unspecified atom stereocenters. The van der Waals surface area contributed by atoms with E-state index in [0.717, 1.165) is 57.8 Å². The van der Waals surface area contributed by atoms with Gasteiger partial charge in [-0.1, -0.05) is 265 Å². The van der Waals surface area contributed by atoms with Crippen molar-refractivity contribution in [2.45, 2.75) is 309 Å². The Morgan fingerprint density at radius 2 is 0.625 bits per heavy atom. The van der Waals surface area contributed by atoms with Gasteiger partial charge in [-0.2, -0.15) is 0 Å². The number of carbonyl (C=O) groups is 2. The minimum Gasteiger partial charge on any atom is -0.464 e. The number of aliphatic hydroxyl groups excluding tert-OH is 1. The first-order valence-corrected chi connectivity index (χ1v) is 25.9. The smallest absolute Gasteiger partial charge is 0.334 e. The number of Topliss-reactive ketones (excluding diaryl/α,β-unsaturated/α-hetero) is 1. The number of aliphatic hydroxyl groups is 1. The van der Waals surface area contributed by atoms with Crippen molar-refractivity contribution < 1.29 is 19.4 Å². The van der Waals surface area contributed by atoms with E-state index >= 15 is 0 Å². The molecule has 334 valence electrons. The zero-order valence-electron chi connectivity index (χ0n) is 38.6. The van der Waals surface area contributed by atoms with Gasteiger partial charge in [0.1, 0.15) is 5.78 Å². The first kappa shape index (κ1) is 55.1. The van der Waals surface area contributed by atoms with Gasteiger partial charge in [0.25, 0.3) is 0 Å². The summed E-state index contributed by atoms with van der Waals surface area (Å²) in [6, 6.07) is 0. The second kappa shape index (κ2) is 46.8. The lowest BCUT2D eigenvalue weighted by Crippen LogP contribution is -2.23. The molecule has 4 nitrogen and oxygen atoms in total. The third-order valence-corrected chi connectivity index (χ3v) is 12.4. The van der Waals surface area contributed by atoms with Gasteiger partial charge in [0.2, 0.25) is 0 Å². The molecule has 0 aliphatic heterocycles. The van der Waals surface area contributed by atoms with Crippen LogP contribution in [0.5, 0.6) is 0 Å². The molecule has 0 aromatic rings. The van der Waals surface area contributed by atoms with Crippen molar-refractivity contribution in [1.29, 1.82) is 0 Å². The standard InChI is InChI=1S/C52H102O4/c1-4-7-10-13-15-17-19-21-23-24-26-28-32-36-41-46-50(53)49(44-39-12-9-6-3)45-40-35-31-30-33-37-42-47-51(54)52(55)56-48-43-38-34-29-27-25-22-20-18-16-14-11-8-5-2/h49,51,54H,4-48H2,1-3H3. The van der Waals surface area contributed by atoms with Crippen molar-refractivity contribution in [3.05, 3.63) is 0 Å². The first-order valence-electron chi connectivity index (χ1n) is 25.9. The van der Waals surface area contributed by atoms with Crippen LogP contribution in [0.4, 0.5) is 0 Å². The Balaban J connectivity index is 3.79. The quantitative estimate of drug-likeness (QED) is 0.0492. The van der Waals surface area contributed by atoms with Crippen LogP contribution >= 0.6 is 0 Å². The number of unbranched alkanes of at least 4 members (excludes halogenated alkanes) is 36. The summed E-state index contributed by atoms with van der Waals surface area (Å²) in [4.78, 5) is 25.4. The fourth-order valence-electron chi connectivity index (χ4n) is 8.45. The van der Waals surface area contributed by atoms with Crippen LogP contribution in [0.3, 0.4) is 0 Å². The molecule has 0 aliphatic rings. The van der Waals surface area contributed by atoms with E-state index in [-0.39, 0.29) is 5.92 Å². The first-order chi connectivity index (χ1) is 27.6. The van der Waals surface area contributed by atoms with E-state index in [1.54, 1.807) is 0 Å². The largest absolute Gasteiger partial charge is 0.464 e. The average Bonchev–Trinajstić information content (AvgIpc) is 3.20. The minimum absolute atomic E-state index is 0.286. The Morgan fingerprint density at radius 3 is 0.982 bits per heavy atom. The van der Waals surface area contributed by atoms with Crippen molar-refractivity contribution in [3.8, 4) is 0 Å². The summed E-state index contributed by atoms with van der Waals surface area (Å²) < 4.78 is 5.36. The van der Waals surface area contributed by atoms with Gasteiger partial charge < -0.3 is 9.84 Å². The van der Waals surface area contributed by atoms with Gasteiger partial charge >= 0.3 is 5.97 Å². The molecule has 4 heteroatoms. The Kier molecular flexibility index (Phi) is 46.0. The van der Waals surface area contributed by atoms with E-state index in [9.17, 15) is 14.7 Å². The summed E-state index contributed by atoms with van der Waals surface area (Å²) in [6.45, 7) is 7.27. The molecular formula is C52H102O4. The lowest BCUT2D eigenvalue weighted by molar-refractivity contribution is -0.154. The summed E-state index contributed by atoms with van der Waals surface area (Å²) in [5.41, 5.74) is 0. The lowest BCUT2D eigenvalue weighted by Gasteiger charge is -2.16. The fourth-order valence-corrected chi connectivity index (χ4v) is 8.45. The molecule has 0 aromatic carbocycles. The maximum atomic E-state index is 13.2. The number of rotatable bonds is 48. The molecular weight excluding hydrogens is 689 g/mol. The Morgan fingerprint density at radius 1 is 0.357 bits per heavy atom. The number of ether oxygens (including phenoxy) is 1. The summed E-state index contributed by atoms with van der Waals surface area (Å²) in [5.74, 6) is 0.403. The predicted molar refractivity (Wildman–Crippen MR) is 246 cm³/mol. The normalized spacial score (nSPS) is 12.6. The number of ketones is 1. The highest BCUT2D eigenvalue weighted by Crippen LogP contribution is 2.23. The number of hydrogen-bond donors (Lipinski definition) is 1. The van der Waals surface area contributed by atoms with Crippen molar-refractivity contribution in [3.63, 3.8) is 0 Å². The van der Waals surface area contributed by atoms with E-state index in [4.69, 9.17) is 4.74 Å². The van der Waals surface area contributed by atoms with Crippen LogP contribution in [0.25, 0.3) is 0 Å². The molecule has 0 bridgehead atoms. The molecule has 0 aliphatic carbocycles. The molecule has 0 radical (unpaired) electrons. The van der Waals surface area contributed by atoms with Gasteiger partial charge in [-0.05, 0) is 32.1 Å². The predicted octanol–water partition coefficient (Wildman–Crippen LogP) is 17.3. The van der Waals surface area contributed by atoms with Gasteiger partial charge in [-0.25, -0.2) is 4.79 Å². The van der Waals surface area contributed by atoms with Gasteiger partial charge in [0.05, 0.1) is 6.61 Å². The number of esters is 1. The van der Waals surface area contributed by atoms with Gasteiger partial charge in [-0.3, -0.25) is 4.79 Å². The van der Waals surface area contributed by atoms with E-state index < -0.39 is 12.1 Å². The zero-order chi connectivity index (χ0) is 40.8. The Hall–Kier alpha value is -0.900. The molecule has 0 saturated carbocycles. The van der Waals surface area contributed by atoms with Crippen LogP contribution in [0, 0.1) is 5.92 Å². The third-order valence-electron chi connectivity index (χ3n) is 12.4. The monoisotopic (exact) mass is 791 g/mol. The highest BCUT2D eigenvalue weighted by Gasteiger charge is 2.18. The van der Waals surface area contributed by atoms with Crippen LogP contribution in [0.2, 0.25) is 0 Å². The maximum Gasteiger partial charge on any atom is 0.334 e. The van der Waals surface area contributed by atoms with Crippen molar-refractivity contribution in [1.82, 2.24) is 0 Å². The third kappa shape index (κ3) is 41.3. The lowest BCUT2D eigenvalue weighted by atomic mass is 9.88. The minimum atomic E-state index is -0.970. The average molecular weight is 791 g/mol. The Bertz CT molecular complexity index is 781. The van der Waals surface area contributed by atoms with E-state index in [1.165, 1.54) is 218 Å². The molecule has 0 saturated heterocycles. The maximum absolute atomic E-state index is 13.2. The molecule has 0 spiro atoms. The molecule has 0 heterocycles. The highest BCUT2D eigenvalue weighted by atomic mass is 16.5. The summed E-state index contributed by atoms with van der Waals surface area (Å²) in [5, 5.41) is 10.3. The van der Waals surface area contributed by atoms with E-state index in [0.29, 0.717) is 18.8 Å². The molecule has 2 atom stereocenters. The SMILES string of the molecule is CCCCCCCCCCCCCCCCCC(=O)C(CCCCCC)CCCCCCCCCC(O)C(=O)OCCCCCCCCCCCCCCCC. The second-order valence-electron chi connectivity index (χ2n) is 18.0. The molecule has 0 fully saturated rings. The summed E-state index contributed by atoms with van der Waals surface area (Å²) in [7, 11) is 0. The zero-order valence-corrected chi connectivity index (χ0v) is 38.6.